The van der Waals surface area contributed by atoms with E-state index in [4.69, 9.17) is 5.73 Å². The standard InChI is InChI=1S/C14H12BrFN2O/c15-10-4-5-13(12(17)8-10)18-14(19)7-9-2-1-3-11(16)6-9/h1-6,8H,7,17H2,(H,18,19). The van der Waals surface area contributed by atoms with Gasteiger partial charge in [0, 0.05) is 4.47 Å². The number of carbonyl (C=O) groups is 1. The number of rotatable bonds is 3. The Morgan fingerprint density at radius 2 is 2.05 bits per heavy atom. The van der Waals surface area contributed by atoms with Gasteiger partial charge in [0.15, 0.2) is 0 Å². The molecule has 0 aromatic heterocycles. The molecule has 0 fully saturated rings. The van der Waals surface area contributed by atoms with Gasteiger partial charge in [-0.1, -0.05) is 28.1 Å². The maximum Gasteiger partial charge on any atom is 0.228 e. The molecular weight excluding hydrogens is 311 g/mol. The average Bonchev–Trinajstić information content (AvgIpc) is 2.33. The van der Waals surface area contributed by atoms with E-state index in [2.05, 4.69) is 21.2 Å². The summed E-state index contributed by atoms with van der Waals surface area (Å²) < 4.78 is 13.8. The number of nitrogens with one attached hydrogen (secondary N) is 1. The van der Waals surface area contributed by atoms with Gasteiger partial charge in [0.1, 0.15) is 5.82 Å². The van der Waals surface area contributed by atoms with Gasteiger partial charge in [-0.05, 0) is 35.9 Å². The number of carbonyl (C=O) groups excluding carboxylic acids is 1. The van der Waals surface area contributed by atoms with Gasteiger partial charge >= 0.3 is 0 Å². The maximum atomic E-state index is 13.0. The number of hydrogen-bond acceptors (Lipinski definition) is 2. The summed E-state index contributed by atoms with van der Waals surface area (Å²) in [6.45, 7) is 0. The highest BCUT2D eigenvalue weighted by Crippen LogP contribution is 2.23. The molecule has 0 radical (unpaired) electrons. The van der Waals surface area contributed by atoms with Crippen molar-refractivity contribution in [1.29, 1.82) is 0 Å². The Morgan fingerprint density at radius 1 is 1.26 bits per heavy atom. The van der Waals surface area contributed by atoms with E-state index in [1.54, 1.807) is 30.3 Å². The lowest BCUT2D eigenvalue weighted by molar-refractivity contribution is -0.115. The molecule has 3 N–H and O–H groups in total. The Hall–Kier alpha value is -1.88. The predicted octanol–water partition coefficient (Wildman–Crippen LogP) is 3.35. The van der Waals surface area contributed by atoms with Crippen LogP contribution in [0.4, 0.5) is 15.8 Å². The van der Waals surface area contributed by atoms with E-state index in [-0.39, 0.29) is 18.1 Å². The summed E-state index contributed by atoms with van der Waals surface area (Å²) in [6, 6.07) is 11.2. The molecule has 0 heterocycles. The summed E-state index contributed by atoms with van der Waals surface area (Å²) in [4.78, 5) is 11.8. The minimum Gasteiger partial charge on any atom is -0.397 e. The lowest BCUT2D eigenvalue weighted by Crippen LogP contribution is -2.15. The van der Waals surface area contributed by atoms with Crippen molar-refractivity contribution in [3.8, 4) is 0 Å². The quantitative estimate of drug-likeness (QED) is 0.851. The lowest BCUT2D eigenvalue weighted by Gasteiger charge is -2.08. The lowest BCUT2D eigenvalue weighted by atomic mass is 10.1. The third-order valence-electron chi connectivity index (χ3n) is 2.54. The smallest absolute Gasteiger partial charge is 0.228 e. The van der Waals surface area contributed by atoms with Crippen molar-refractivity contribution in [2.24, 2.45) is 0 Å². The fourth-order valence-electron chi connectivity index (χ4n) is 1.67. The Kier molecular flexibility index (Phi) is 4.16. The van der Waals surface area contributed by atoms with Crippen LogP contribution in [0.2, 0.25) is 0 Å². The van der Waals surface area contributed by atoms with Crippen LogP contribution in [0.1, 0.15) is 5.56 Å². The van der Waals surface area contributed by atoms with E-state index in [0.29, 0.717) is 16.9 Å². The molecule has 5 heteroatoms. The second-order valence-electron chi connectivity index (χ2n) is 4.09. The van der Waals surface area contributed by atoms with Crippen LogP contribution in [0.25, 0.3) is 0 Å². The summed E-state index contributed by atoms with van der Waals surface area (Å²) in [6.07, 6.45) is 0.104. The zero-order chi connectivity index (χ0) is 13.8. The predicted molar refractivity (Wildman–Crippen MR) is 77.3 cm³/mol. The monoisotopic (exact) mass is 322 g/mol. The van der Waals surface area contributed by atoms with Crippen molar-refractivity contribution in [2.45, 2.75) is 6.42 Å². The second kappa shape index (κ2) is 5.84. The first-order valence-electron chi connectivity index (χ1n) is 5.64. The summed E-state index contributed by atoms with van der Waals surface area (Å²) in [5, 5.41) is 2.70. The number of benzene rings is 2. The van der Waals surface area contributed by atoms with Gasteiger partial charge in [-0.15, -0.1) is 0 Å². The third-order valence-corrected chi connectivity index (χ3v) is 3.03. The molecule has 2 rings (SSSR count). The molecule has 0 spiro atoms. The molecule has 0 bridgehead atoms. The van der Waals surface area contributed by atoms with Crippen LogP contribution in [-0.2, 0) is 11.2 Å². The molecule has 0 aliphatic heterocycles. The van der Waals surface area contributed by atoms with Crippen LogP contribution < -0.4 is 11.1 Å². The Morgan fingerprint density at radius 3 is 2.74 bits per heavy atom. The van der Waals surface area contributed by atoms with Crippen LogP contribution in [0.15, 0.2) is 46.9 Å². The molecule has 2 aromatic rings. The van der Waals surface area contributed by atoms with E-state index in [0.717, 1.165) is 4.47 Å². The van der Waals surface area contributed by atoms with E-state index in [1.807, 2.05) is 0 Å². The molecule has 0 aliphatic rings. The van der Waals surface area contributed by atoms with Gasteiger partial charge in [0.05, 0.1) is 17.8 Å². The Labute approximate surface area is 118 Å². The van der Waals surface area contributed by atoms with E-state index in [1.165, 1.54) is 12.1 Å². The number of halogens is 2. The van der Waals surface area contributed by atoms with Crippen molar-refractivity contribution in [1.82, 2.24) is 0 Å². The zero-order valence-electron chi connectivity index (χ0n) is 9.99. The molecule has 19 heavy (non-hydrogen) atoms. The molecule has 98 valence electrons. The summed E-state index contributed by atoms with van der Waals surface area (Å²) in [5.74, 6) is -0.590. The second-order valence-corrected chi connectivity index (χ2v) is 5.00. The topological polar surface area (TPSA) is 55.1 Å². The fraction of sp³-hybridized carbons (Fsp3) is 0.0714. The zero-order valence-corrected chi connectivity index (χ0v) is 11.6. The van der Waals surface area contributed by atoms with Gasteiger partial charge in [-0.25, -0.2) is 4.39 Å². The number of hydrogen-bond donors (Lipinski definition) is 2. The van der Waals surface area contributed by atoms with Crippen LogP contribution in [0.5, 0.6) is 0 Å². The van der Waals surface area contributed by atoms with Crippen molar-refractivity contribution < 1.29 is 9.18 Å². The van der Waals surface area contributed by atoms with Gasteiger partial charge in [-0.2, -0.15) is 0 Å². The molecule has 0 saturated heterocycles. The first-order chi connectivity index (χ1) is 9.04. The van der Waals surface area contributed by atoms with Crippen LogP contribution in [0, 0.1) is 5.82 Å². The van der Waals surface area contributed by atoms with Gasteiger partial charge in [0.25, 0.3) is 0 Å². The van der Waals surface area contributed by atoms with Gasteiger partial charge in [-0.3, -0.25) is 4.79 Å². The van der Waals surface area contributed by atoms with Crippen molar-refractivity contribution in [2.75, 3.05) is 11.1 Å². The summed E-state index contributed by atoms with van der Waals surface area (Å²) >= 11 is 3.29. The third kappa shape index (κ3) is 3.79. The number of nitrogens with two attached hydrogens (primary N) is 1. The van der Waals surface area contributed by atoms with E-state index in [9.17, 15) is 9.18 Å². The molecule has 0 saturated carbocycles. The first kappa shape index (κ1) is 13.5. The fourth-order valence-corrected chi connectivity index (χ4v) is 2.05. The average molecular weight is 323 g/mol. The SMILES string of the molecule is Nc1cc(Br)ccc1NC(=O)Cc1cccc(F)c1. The molecular formula is C14H12BrFN2O. The molecule has 0 unspecified atom stereocenters. The van der Waals surface area contributed by atoms with Crippen LogP contribution in [-0.4, -0.2) is 5.91 Å². The summed E-state index contributed by atoms with van der Waals surface area (Å²) in [5.41, 5.74) is 7.42. The Balaban J connectivity index is 2.05. The molecule has 0 aliphatic carbocycles. The molecule has 3 nitrogen and oxygen atoms in total. The van der Waals surface area contributed by atoms with Crippen molar-refractivity contribution in [3.63, 3.8) is 0 Å². The largest absolute Gasteiger partial charge is 0.397 e. The molecule has 0 atom stereocenters. The number of nitrogen functional groups attached to an aromatic ring is 1. The summed E-state index contributed by atoms with van der Waals surface area (Å²) in [7, 11) is 0. The number of amides is 1. The first-order valence-corrected chi connectivity index (χ1v) is 6.43. The minimum absolute atomic E-state index is 0.104. The van der Waals surface area contributed by atoms with E-state index < -0.39 is 0 Å². The highest BCUT2D eigenvalue weighted by molar-refractivity contribution is 9.10. The van der Waals surface area contributed by atoms with Crippen LogP contribution in [0.3, 0.4) is 0 Å². The molecule has 2 aromatic carbocycles. The highest BCUT2D eigenvalue weighted by atomic mass is 79.9. The van der Waals surface area contributed by atoms with Gasteiger partial charge < -0.3 is 11.1 Å². The minimum atomic E-state index is -0.353. The van der Waals surface area contributed by atoms with Crippen molar-refractivity contribution >= 4 is 33.2 Å². The highest BCUT2D eigenvalue weighted by Gasteiger charge is 2.07. The maximum absolute atomic E-state index is 13.0. The number of anilines is 2. The normalized spacial score (nSPS) is 10.2. The van der Waals surface area contributed by atoms with E-state index >= 15 is 0 Å². The van der Waals surface area contributed by atoms with Crippen molar-refractivity contribution in [3.05, 3.63) is 58.3 Å². The molecule has 1 amide bonds. The Bertz CT molecular complexity index is 616. The van der Waals surface area contributed by atoms with Crippen LogP contribution >= 0.6 is 15.9 Å². The van der Waals surface area contributed by atoms with Gasteiger partial charge in [0.2, 0.25) is 5.91 Å².